The Balaban J connectivity index is 0.00000156. The molecule has 0 fully saturated rings. The Morgan fingerprint density at radius 1 is 0.696 bits per heavy atom. The van der Waals surface area contributed by atoms with Crippen molar-refractivity contribution >= 4 is 84.1 Å². The molecule has 2 aromatic carbocycles. The quantitative estimate of drug-likeness (QED) is 0.158. The van der Waals surface area contributed by atoms with Gasteiger partial charge in [-0.15, -0.1) is 0 Å². The van der Waals surface area contributed by atoms with Crippen LogP contribution in [-0.4, -0.2) is 71.8 Å². The number of hydrogen-bond donors (Lipinski definition) is 4. The fraction of sp³-hybridized carbons (Fsp3) is 0. The van der Waals surface area contributed by atoms with Crippen molar-refractivity contribution in [3.8, 4) is 23.0 Å². The summed E-state index contributed by atoms with van der Waals surface area (Å²) in [6.45, 7) is 0. The fourth-order valence-electron chi connectivity index (χ4n) is 2.58. The molecule has 4 rings (SSSR count). The average molecular weight is 342 g/mol. The number of phenols is 4. The van der Waals surface area contributed by atoms with Crippen molar-refractivity contribution in [3.05, 3.63) is 33.0 Å². The van der Waals surface area contributed by atoms with E-state index in [4.69, 9.17) is 8.83 Å². The molecule has 4 aromatic rings. The minimum atomic E-state index is -0.941. The molecule has 0 atom stereocenters. The molecule has 4 N–H and O–H groups in total. The average Bonchev–Trinajstić information content (AvgIpc) is 2.47. The first-order valence-corrected chi connectivity index (χ1v) is 6.02. The third kappa shape index (κ3) is 1.98. The summed E-state index contributed by atoms with van der Waals surface area (Å²) in [5, 5.41) is 38.7. The van der Waals surface area contributed by atoms with Gasteiger partial charge in [0.2, 0.25) is 11.5 Å². The standard InChI is InChI=1S/C14H6O8.K.H/c15-5-1-3-7-8-4(14(20)22-11(7)9(5)17)2-6(16)10(18)12(8)21-13(3)19;;/h1-2,15-18H;;. The van der Waals surface area contributed by atoms with Crippen molar-refractivity contribution < 1.29 is 29.3 Å². The van der Waals surface area contributed by atoms with E-state index in [1.807, 2.05) is 0 Å². The van der Waals surface area contributed by atoms with Crippen molar-refractivity contribution in [2.24, 2.45) is 0 Å². The Hall–Kier alpha value is -1.78. The molecule has 0 amide bonds. The summed E-state index contributed by atoms with van der Waals surface area (Å²) in [5.74, 6) is -2.75. The van der Waals surface area contributed by atoms with Gasteiger partial charge >= 0.3 is 62.6 Å². The van der Waals surface area contributed by atoms with Crippen LogP contribution in [-0.2, 0) is 0 Å². The van der Waals surface area contributed by atoms with Crippen LogP contribution in [0.1, 0.15) is 0 Å². The van der Waals surface area contributed by atoms with Gasteiger partial charge in [-0.25, -0.2) is 9.59 Å². The normalized spacial score (nSPS) is 11.3. The molecule has 9 heteroatoms. The maximum absolute atomic E-state index is 12.0. The van der Waals surface area contributed by atoms with Crippen LogP contribution >= 0.6 is 0 Å². The molecule has 0 saturated carbocycles. The van der Waals surface area contributed by atoms with Crippen molar-refractivity contribution in [2.45, 2.75) is 0 Å². The first-order chi connectivity index (χ1) is 10.4. The summed E-state index contributed by atoms with van der Waals surface area (Å²) >= 11 is 0. The first-order valence-electron chi connectivity index (χ1n) is 6.02. The van der Waals surface area contributed by atoms with E-state index in [0.29, 0.717) is 0 Å². The van der Waals surface area contributed by atoms with Crippen LogP contribution in [0.25, 0.3) is 32.7 Å². The number of rotatable bonds is 0. The third-order valence-electron chi connectivity index (χ3n) is 3.55. The molecule has 112 valence electrons. The number of benzene rings is 2. The number of phenolic OH excluding ortho intramolecular Hbond substituents is 4. The van der Waals surface area contributed by atoms with Crippen LogP contribution in [0.2, 0.25) is 0 Å². The van der Waals surface area contributed by atoms with Crippen molar-refractivity contribution in [3.63, 3.8) is 0 Å². The van der Waals surface area contributed by atoms with Crippen molar-refractivity contribution in [1.29, 1.82) is 0 Å². The van der Waals surface area contributed by atoms with Gasteiger partial charge in [-0.05, 0) is 12.1 Å². The predicted molar refractivity (Wildman–Crippen MR) is 81.0 cm³/mol. The van der Waals surface area contributed by atoms with Crippen LogP contribution in [0.15, 0.2) is 30.6 Å². The maximum atomic E-state index is 12.0. The Kier molecular flexibility index (Phi) is 3.58. The van der Waals surface area contributed by atoms with Gasteiger partial charge in [0.15, 0.2) is 22.7 Å². The number of aromatic hydroxyl groups is 4. The zero-order valence-corrected chi connectivity index (χ0v) is 10.6. The molecule has 0 saturated heterocycles. The van der Waals surface area contributed by atoms with Gasteiger partial charge in [0, 0.05) is 10.8 Å². The first kappa shape index (κ1) is 16.1. The Bertz CT molecular complexity index is 1110. The molecule has 8 nitrogen and oxygen atoms in total. The molecule has 0 aliphatic heterocycles. The SMILES string of the molecule is O=c1oc2c(O)c(O)cc3c(=O)oc4c(O)c(O)cc1c4c23.[KH]. The molecular weight excluding hydrogens is 335 g/mol. The molecule has 0 aliphatic rings. The summed E-state index contributed by atoms with van der Waals surface area (Å²) in [7, 11) is 0. The molecular formula is C14H7KO8. The Labute approximate surface area is 167 Å². The van der Waals surface area contributed by atoms with Gasteiger partial charge in [-0.1, -0.05) is 0 Å². The molecule has 23 heavy (non-hydrogen) atoms. The molecule has 0 bridgehead atoms. The van der Waals surface area contributed by atoms with Gasteiger partial charge < -0.3 is 29.3 Å². The topological polar surface area (TPSA) is 141 Å². The molecule has 0 aliphatic carbocycles. The zero-order chi connectivity index (χ0) is 15.8. The second kappa shape index (κ2) is 5.11. The van der Waals surface area contributed by atoms with Crippen LogP contribution < -0.4 is 11.3 Å². The predicted octanol–water partition coefficient (Wildman–Crippen LogP) is 0.664. The van der Waals surface area contributed by atoms with Crippen LogP contribution in [0.4, 0.5) is 0 Å². The second-order valence-electron chi connectivity index (χ2n) is 4.77. The molecule has 2 heterocycles. The molecule has 0 radical (unpaired) electrons. The van der Waals surface area contributed by atoms with Crippen LogP contribution in [0, 0.1) is 0 Å². The zero-order valence-electron chi connectivity index (χ0n) is 10.6. The van der Waals surface area contributed by atoms with Gasteiger partial charge in [-0.2, -0.15) is 0 Å². The van der Waals surface area contributed by atoms with E-state index in [2.05, 4.69) is 0 Å². The van der Waals surface area contributed by atoms with Crippen LogP contribution in [0.5, 0.6) is 23.0 Å². The van der Waals surface area contributed by atoms with E-state index in [1.165, 1.54) is 0 Å². The minimum absolute atomic E-state index is 0. The van der Waals surface area contributed by atoms with Gasteiger partial charge in [-0.3, -0.25) is 0 Å². The molecule has 0 unspecified atom stereocenters. The summed E-state index contributed by atoms with van der Waals surface area (Å²) in [5.41, 5.74) is -2.70. The summed E-state index contributed by atoms with van der Waals surface area (Å²) in [6.07, 6.45) is 0. The monoisotopic (exact) mass is 342 g/mol. The Morgan fingerprint density at radius 2 is 1.04 bits per heavy atom. The summed E-state index contributed by atoms with van der Waals surface area (Å²) < 4.78 is 9.87. The van der Waals surface area contributed by atoms with Gasteiger partial charge in [0.25, 0.3) is 0 Å². The van der Waals surface area contributed by atoms with Gasteiger partial charge in [0.05, 0.1) is 10.8 Å². The van der Waals surface area contributed by atoms with E-state index in [-0.39, 0.29) is 72.9 Å². The van der Waals surface area contributed by atoms with E-state index >= 15 is 0 Å². The summed E-state index contributed by atoms with van der Waals surface area (Å²) in [6, 6.07) is 1.93. The van der Waals surface area contributed by atoms with Gasteiger partial charge in [0.1, 0.15) is 0 Å². The molecule has 0 spiro atoms. The number of hydrogen-bond acceptors (Lipinski definition) is 8. The fourth-order valence-corrected chi connectivity index (χ4v) is 2.58. The van der Waals surface area contributed by atoms with E-state index < -0.39 is 45.4 Å². The Morgan fingerprint density at radius 3 is 1.39 bits per heavy atom. The van der Waals surface area contributed by atoms with E-state index in [1.54, 1.807) is 0 Å². The van der Waals surface area contributed by atoms with E-state index in [0.717, 1.165) is 12.1 Å². The van der Waals surface area contributed by atoms with Crippen LogP contribution in [0.3, 0.4) is 0 Å². The third-order valence-corrected chi connectivity index (χ3v) is 3.55. The van der Waals surface area contributed by atoms with Crippen molar-refractivity contribution in [2.75, 3.05) is 0 Å². The summed E-state index contributed by atoms with van der Waals surface area (Å²) in [4.78, 5) is 24.0. The van der Waals surface area contributed by atoms with E-state index in [9.17, 15) is 30.0 Å². The van der Waals surface area contributed by atoms with Crippen molar-refractivity contribution in [1.82, 2.24) is 0 Å². The second-order valence-corrected chi connectivity index (χ2v) is 4.77. The molecule has 2 aromatic heterocycles.